The fourth-order valence-corrected chi connectivity index (χ4v) is 3.40. The number of hydrogen-bond acceptors (Lipinski definition) is 4. The van der Waals surface area contributed by atoms with E-state index in [1.807, 2.05) is 30.3 Å². The van der Waals surface area contributed by atoms with Crippen molar-refractivity contribution in [2.75, 3.05) is 0 Å². The lowest BCUT2D eigenvalue weighted by molar-refractivity contribution is -0.123. The van der Waals surface area contributed by atoms with Crippen molar-refractivity contribution in [3.8, 4) is 5.75 Å². The molecule has 2 aromatic carbocycles. The molecule has 0 atom stereocenters. The molecule has 4 nitrogen and oxygen atoms in total. The highest BCUT2D eigenvalue weighted by atomic mass is 79.9. The van der Waals surface area contributed by atoms with Gasteiger partial charge in [-0.25, -0.2) is 0 Å². The quantitative estimate of drug-likeness (QED) is 0.790. The summed E-state index contributed by atoms with van der Waals surface area (Å²) in [5, 5.41) is 9.23. The van der Waals surface area contributed by atoms with Gasteiger partial charge in [-0.3, -0.25) is 14.5 Å². The van der Waals surface area contributed by atoms with Crippen molar-refractivity contribution in [1.82, 2.24) is 4.90 Å². The van der Waals surface area contributed by atoms with Gasteiger partial charge in [0.1, 0.15) is 5.75 Å². The molecule has 23 heavy (non-hydrogen) atoms. The monoisotopic (exact) mass is 389 g/mol. The second-order valence-electron chi connectivity index (χ2n) is 4.96. The number of nitrogens with zero attached hydrogens (tertiary/aromatic N) is 1. The van der Waals surface area contributed by atoms with E-state index in [4.69, 9.17) is 0 Å². The zero-order chi connectivity index (χ0) is 16.4. The molecular formula is C17H12BrNO3S. The number of halogens is 1. The summed E-state index contributed by atoms with van der Waals surface area (Å²) in [5.74, 6) is -0.174. The Morgan fingerprint density at radius 2 is 1.87 bits per heavy atom. The lowest BCUT2D eigenvalue weighted by Gasteiger charge is -2.12. The number of imide groups is 1. The Hall–Kier alpha value is -2.05. The van der Waals surface area contributed by atoms with E-state index in [9.17, 15) is 14.7 Å². The first-order valence-corrected chi connectivity index (χ1v) is 8.43. The summed E-state index contributed by atoms with van der Waals surface area (Å²) >= 11 is 4.16. The zero-order valence-electron chi connectivity index (χ0n) is 11.9. The maximum atomic E-state index is 12.4. The Morgan fingerprint density at radius 3 is 2.57 bits per heavy atom. The molecule has 0 aliphatic carbocycles. The average molecular weight is 390 g/mol. The maximum Gasteiger partial charge on any atom is 0.293 e. The molecular weight excluding hydrogens is 378 g/mol. The molecule has 0 aromatic heterocycles. The van der Waals surface area contributed by atoms with Crippen LogP contribution in [0.2, 0.25) is 0 Å². The van der Waals surface area contributed by atoms with Gasteiger partial charge >= 0.3 is 0 Å². The predicted octanol–water partition coefficient (Wildman–Crippen LogP) is 4.39. The van der Waals surface area contributed by atoms with Crippen LogP contribution in [0.25, 0.3) is 6.08 Å². The molecule has 1 N–H and O–H groups in total. The van der Waals surface area contributed by atoms with E-state index < -0.39 is 0 Å². The van der Waals surface area contributed by atoms with Gasteiger partial charge in [-0.05, 0) is 57.0 Å². The van der Waals surface area contributed by atoms with E-state index in [0.717, 1.165) is 22.9 Å². The van der Waals surface area contributed by atoms with Crippen LogP contribution in [-0.4, -0.2) is 21.2 Å². The smallest absolute Gasteiger partial charge is 0.293 e. The van der Waals surface area contributed by atoms with Crippen molar-refractivity contribution in [3.63, 3.8) is 0 Å². The fourth-order valence-electron chi connectivity index (χ4n) is 2.17. The summed E-state index contributed by atoms with van der Waals surface area (Å²) in [6, 6.07) is 14.3. The van der Waals surface area contributed by atoms with Crippen LogP contribution in [0.5, 0.6) is 5.75 Å². The van der Waals surface area contributed by atoms with Crippen LogP contribution in [0.3, 0.4) is 0 Å². The highest BCUT2D eigenvalue weighted by Crippen LogP contribution is 2.34. The van der Waals surface area contributed by atoms with Crippen molar-refractivity contribution in [3.05, 3.63) is 69.0 Å². The Kier molecular flexibility index (Phi) is 4.54. The summed E-state index contributed by atoms with van der Waals surface area (Å²) in [4.78, 5) is 26.1. The van der Waals surface area contributed by atoms with Gasteiger partial charge in [-0.15, -0.1) is 0 Å². The largest absolute Gasteiger partial charge is 0.507 e. The van der Waals surface area contributed by atoms with Crippen molar-refractivity contribution in [1.29, 1.82) is 0 Å². The van der Waals surface area contributed by atoms with Crippen molar-refractivity contribution in [2.45, 2.75) is 6.54 Å². The number of benzene rings is 2. The van der Waals surface area contributed by atoms with Crippen LogP contribution >= 0.6 is 27.7 Å². The Morgan fingerprint density at radius 1 is 1.13 bits per heavy atom. The lowest BCUT2D eigenvalue weighted by atomic mass is 10.2. The number of carbonyl (C=O) groups is 2. The van der Waals surface area contributed by atoms with E-state index in [2.05, 4.69) is 15.9 Å². The summed E-state index contributed by atoms with van der Waals surface area (Å²) in [5.41, 5.74) is 1.64. The van der Waals surface area contributed by atoms with Gasteiger partial charge in [0, 0.05) is 0 Å². The highest BCUT2D eigenvalue weighted by Gasteiger charge is 2.34. The van der Waals surface area contributed by atoms with Gasteiger partial charge in [0.2, 0.25) is 0 Å². The zero-order valence-corrected chi connectivity index (χ0v) is 14.3. The molecule has 116 valence electrons. The lowest BCUT2D eigenvalue weighted by Crippen LogP contribution is -2.27. The minimum absolute atomic E-state index is 0.124. The molecule has 1 saturated heterocycles. The van der Waals surface area contributed by atoms with E-state index in [1.165, 1.54) is 11.0 Å². The van der Waals surface area contributed by atoms with E-state index in [0.29, 0.717) is 9.38 Å². The topological polar surface area (TPSA) is 57.6 Å². The highest BCUT2D eigenvalue weighted by molar-refractivity contribution is 9.10. The molecule has 0 saturated carbocycles. The van der Waals surface area contributed by atoms with Gasteiger partial charge in [0.05, 0.1) is 15.9 Å². The SMILES string of the molecule is O=C1SC(=Cc2ccc(O)c(Br)c2)C(=O)N1Cc1ccccc1. The van der Waals surface area contributed by atoms with Gasteiger partial charge in [-0.1, -0.05) is 36.4 Å². The number of aromatic hydroxyl groups is 1. The number of rotatable bonds is 3. The number of phenols is 1. The molecule has 0 unspecified atom stereocenters. The second-order valence-corrected chi connectivity index (χ2v) is 6.81. The minimum Gasteiger partial charge on any atom is -0.507 e. The first kappa shape index (κ1) is 15.8. The Bertz CT molecular complexity index is 805. The predicted molar refractivity (Wildman–Crippen MR) is 93.8 cm³/mol. The molecule has 1 aliphatic heterocycles. The molecule has 1 aliphatic rings. The van der Waals surface area contributed by atoms with Gasteiger partial charge in [0.15, 0.2) is 0 Å². The molecule has 0 spiro atoms. The Balaban J connectivity index is 1.83. The normalized spacial score (nSPS) is 16.4. The number of hydrogen-bond donors (Lipinski definition) is 1. The van der Waals surface area contributed by atoms with Crippen LogP contribution < -0.4 is 0 Å². The van der Waals surface area contributed by atoms with Crippen LogP contribution in [0, 0.1) is 0 Å². The molecule has 2 amide bonds. The molecule has 0 radical (unpaired) electrons. The molecule has 0 bridgehead atoms. The second kappa shape index (κ2) is 6.60. The van der Waals surface area contributed by atoms with Gasteiger partial charge in [0.25, 0.3) is 11.1 Å². The molecule has 6 heteroatoms. The molecule has 1 heterocycles. The van der Waals surface area contributed by atoms with Crippen molar-refractivity contribution < 1.29 is 14.7 Å². The number of carbonyl (C=O) groups excluding carboxylic acids is 2. The summed E-state index contributed by atoms with van der Waals surface area (Å²) in [6.07, 6.45) is 1.65. The van der Waals surface area contributed by atoms with Crippen molar-refractivity contribution in [2.24, 2.45) is 0 Å². The van der Waals surface area contributed by atoms with Crippen molar-refractivity contribution >= 4 is 44.9 Å². The minimum atomic E-state index is -0.298. The summed E-state index contributed by atoms with van der Waals surface area (Å²) < 4.78 is 0.537. The molecule has 2 aromatic rings. The first-order chi connectivity index (χ1) is 11.0. The third-order valence-corrected chi connectivity index (χ3v) is 4.87. The van der Waals surface area contributed by atoms with Gasteiger partial charge < -0.3 is 5.11 Å². The molecule has 3 rings (SSSR count). The van der Waals surface area contributed by atoms with E-state index in [-0.39, 0.29) is 23.4 Å². The van der Waals surface area contributed by atoms with E-state index in [1.54, 1.807) is 18.2 Å². The standard InChI is InChI=1S/C17H12BrNO3S/c18-13-8-12(6-7-14(13)20)9-15-16(21)19(17(22)23-15)10-11-4-2-1-3-5-11/h1-9,20H,10H2. The maximum absolute atomic E-state index is 12.4. The third-order valence-electron chi connectivity index (χ3n) is 3.33. The average Bonchev–Trinajstić information content (AvgIpc) is 2.80. The third kappa shape index (κ3) is 3.48. The summed E-state index contributed by atoms with van der Waals surface area (Å²) in [7, 11) is 0. The van der Waals surface area contributed by atoms with Crippen LogP contribution in [0.15, 0.2) is 57.9 Å². The van der Waals surface area contributed by atoms with Gasteiger partial charge in [-0.2, -0.15) is 0 Å². The number of amides is 2. The van der Waals surface area contributed by atoms with Crippen LogP contribution in [0.4, 0.5) is 4.79 Å². The van der Waals surface area contributed by atoms with E-state index >= 15 is 0 Å². The first-order valence-electron chi connectivity index (χ1n) is 6.82. The number of phenolic OH excluding ortho intramolecular Hbond substituents is 1. The van der Waals surface area contributed by atoms with Crippen LogP contribution in [-0.2, 0) is 11.3 Å². The number of thioether (sulfide) groups is 1. The van der Waals surface area contributed by atoms with Crippen LogP contribution in [0.1, 0.15) is 11.1 Å². The summed E-state index contributed by atoms with van der Waals surface area (Å²) in [6.45, 7) is 0.266. The Labute approximate surface area is 145 Å². The fraction of sp³-hybridized carbons (Fsp3) is 0.0588. The molecule has 1 fully saturated rings.